The largest absolute Gasteiger partial charge is 0.449 e. The summed E-state index contributed by atoms with van der Waals surface area (Å²) in [5, 5.41) is 6.40. The molecule has 2 amide bonds. The van der Waals surface area contributed by atoms with E-state index in [2.05, 4.69) is 15.5 Å². The van der Waals surface area contributed by atoms with Crippen LogP contribution >= 0.6 is 11.6 Å². The maximum absolute atomic E-state index is 12.5. The lowest BCUT2D eigenvalue weighted by atomic mass is 10.1. The summed E-state index contributed by atoms with van der Waals surface area (Å²) in [7, 11) is 0. The summed E-state index contributed by atoms with van der Waals surface area (Å²) in [6.07, 6.45) is 6.70. The van der Waals surface area contributed by atoms with Crippen LogP contribution in [-0.2, 0) is 4.79 Å². The first kappa shape index (κ1) is 21.4. The molecule has 2 N–H and O–H groups in total. The Morgan fingerprint density at radius 3 is 2.58 bits per heavy atom. The highest BCUT2D eigenvalue weighted by Crippen LogP contribution is 2.32. The third kappa shape index (κ3) is 5.66. The second-order valence-corrected chi connectivity index (χ2v) is 8.28. The molecule has 0 aromatic heterocycles. The molecule has 4 rings (SSSR count). The van der Waals surface area contributed by atoms with Gasteiger partial charge in [0.25, 0.3) is 11.8 Å². The van der Waals surface area contributed by atoms with Crippen molar-refractivity contribution in [3.05, 3.63) is 64.4 Å². The van der Waals surface area contributed by atoms with Crippen molar-refractivity contribution in [1.82, 2.24) is 10.2 Å². The van der Waals surface area contributed by atoms with Gasteiger partial charge in [-0.3, -0.25) is 9.59 Å². The number of halogens is 1. The summed E-state index contributed by atoms with van der Waals surface area (Å²) >= 11 is 5.90. The second kappa shape index (κ2) is 9.98. The van der Waals surface area contributed by atoms with Gasteiger partial charge in [-0.15, -0.1) is 0 Å². The van der Waals surface area contributed by atoms with Gasteiger partial charge in [0.2, 0.25) is 0 Å². The lowest BCUT2D eigenvalue weighted by Crippen LogP contribution is -2.35. The molecule has 7 heteroatoms. The van der Waals surface area contributed by atoms with Crippen molar-refractivity contribution in [3.8, 4) is 5.75 Å². The monoisotopic (exact) mass is 439 g/mol. The normalized spacial score (nSPS) is 18.0. The number of fused-ring (bicyclic) bond motifs is 1. The molecule has 2 aromatic rings. The van der Waals surface area contributed by atoms with Gasteiger partial charge in [-0.25, -0.2) is 0 Å². The van der Waals surface area contributed by atoms with Gasteiger partial charge in [0, 0.05) is 23.7 Å². The van der Waals surface area contributed by atoms with Crippen molar-refractivity contribution in [2.75, 3.05) is 31.5 Å². The SMILES string of the molecule is O=C1Nc2cc(C(=O)NCCN3CCCCCC3)ccc2OC1=Cc1ccc(Cl)cc1. The van der Waals surface area contributed by atoms with E-state index in [4.69, 9.17) is 16.3 Å². The molecule has 0 bridgehead atoms. The first-order chi connectivity index (χ1) is 15.1. The van der Waals surface area contributed by atoms with Gasteiger partial charge >= 0.3 is 0 Å². The van der Waals surface area contributed by atoms with Crippen molar-refractivity contribution >= 4 is 35.2 Å². The molecule has 1 fully saturated rings. The molecule has 31 heavy (non-hydrogen) atoms. The number of nitrogens with one attached hydrogen (secondary N) is 2. The third-order valence-electron chi connectivity index (χ3n) is 5.51. The Hall–Kier alpha value is -2.83. The fourth-order valence-corrected chi connectivity index (χ4v) is 3.93. The number of nitrogens with zero attached hydrogens (tertiary/aromatic N) is 1. The molecule has 2 aliphatic heterocycles. The molecule has 2 aromatic carbocycles. The topological polar surface area (TPSA) is 70.7 Å². The minimum Gasteiger partial charge on any atom is -0.449 e. The Bertz CT molecular complexity index is 980. The van der Waals surface area contributed by atoms with Gasteiger partial charge in [-0.1, -0.05) is 36.6 Å². The summed E-state index contributed by atoms with van der Waals surface area (Å²) in [5.41, 5.74) is 1.78. The molecule has 0 radical (unpaired) electrons. The summed E-state index contributed by atoms with van der Waals surface area (Å²) < 4.78 is 5.76. The number of hydrogen-bond donors (Lipinski definition) is 2. The average Bonchev–Trinajstić information content (AvgIpc) is 3.04. The van der Waals surface area contributed by atoms with Crippen LogP contribution in [0.4, 0.5) is 5.69 Å². The van der Waals surface area contributed by atoms with E-state index in [0.717, 1.165) is 25.2 Å². The van der Waals surface area contributed by atoms with Gasteiger partial charge in [0.05, 0.1) is 5.69 Å². The van der Waals surface area contributed by atoms with E-state index in [1.54, 1.807) is 48.5 Å². The summed E-state index contributed by atoms with van der Waals surface area (Å²) in [6.45, 7) is 3.66. The fraction of sp³-hybridized carbons (Fsp3) is 0.333. The van der Waals surface area contributed by atoms with Gasteiger partial charge in [-0.05, 0) is 67.9 Å². The molecule has 0 spiro atoms. The Morgan fingerprint density at radius 1 is 1.10 bits per heavy atom. The zero-order valence-electron chi connectivity index (χ0n) is 17.3. The van der Waals surface area contributed by atoms with Crippen LogP contribution < -0.4 is 15.4 Å². The Labute approximate surface area is 187 Å². The highest BCUT2D eigenvalue weighted by Gasteiger charge is 2.23. The minimum absolute atomic E-state index is 0.158. The number of carbonyl (C=O) groups excluding carboxylic acids is 2. The first-order valence-corrected chi connectivity index (χ1v) is 11.1. The summed E-state index contributed by atoms with van der Waals surface area (Å²) in [5.74, 6) is 0.168. The average molecular weight is 440 g/mol. The minimum atomic E-state index is -0.360. The summed E-state index contributed by atoms with van der Waals surface area (Å²) in [6, 6.07) is 12.2. The predicted molar refractivity (Wildman–Crippen MR) is 122 cm³/mol. The lowest BCUT2D eigenvalue weighted by molar-refractivity contribution is -0.115. The van der Waals surface area contributed by atoms with E-state index < -0.39 is 0 Å². The quantitative estimate of drug-likeness (QED) is 0.681. The van der Waals surface area contributed by atoms with Crippen LogP contribution in [0.25, 0.3) is 6.08 Å². The van der Waals surface area contributed by atoms with Crippen LogP contribution in [0.3, 0.4) is 0 Å². The number of rotatable bonds is 5. The van der Waals surface area contributed by atoms with E-state index in [1.807, 2.05) is 0 Å². The van der Waals surface area contributed by atoms with E-state index >= 15 is 0 Å². The maximum atomic E-state index is 12.5. The number of carbonyl (C=O) groups is 2. The van der Waals surface area contributed by atoms with Crippen LogP contribution in [-0.4, -0.2) is 42.9 Å². The number of ether oxygens (including phenoxy) is 1. The summed E-state index contributed by atoms with van der Waals surface area (Å²) in [4.78, 5) is 27.4. The van der Waals surface area contributed by atoms with E-state index in [0.29, 0.717) is 28.6 Å². The third-order valence-corrected chi connectivity index (χ3v) is 5.77. The van der Waals surface area contributed by atoms with E-state index in [1.165, 1.54) is 25.7 Å². The van der Waals surface area contributed by atoms with Gasteiger partial charge < -0.3 is 20.3 Å². The predicted octanol–water partition coefficient (Wildman–Crippen LogP) is 4.32. The van der Waals surface area contributed by atoms with Crippen molar-refractivity contribution in [3.63, 3.8) is 0 Å². The molecule has 0 saturated carbocycles. The molecule has 0 unspecified atom stereocenters. The van der Waals surface area contributed by atoms with E-state index in [-0.39, 0.29) is 17.6 Å². The lowest BCUT2D eigenvalue weighted by Gasteiger charge is -2.21. The van der Waals surface area contributed by atoms with Gasteiger partial charge in [0.15, 0.2) is 11.5 Å². The van der Waals surface area contributed by atoms with Crippen molar-refractivity contribution in [2.24, 2.45) is 0 Å². The first-order valence-electron chi connectivity index (χ1n) is 10.7. The van der Waals surface area contributed by atoms with Crippen LogP contribution in [0.15, 0.2) is 48.2 Å². The van der Waals surface area contributed by atoms with Crippen molar-refractivity contribution in [2.45, 2.75) is 25.7 Å². The molecule has 2 aliphatic rings. The van der Waals surface area contributed by atoms with Crippen LogP contribution in [0, 0.1) is 0 Å². The van der Waals surface area contributed by atoms with Gasteiger partial charge in [0.1, 0.15) is 0 Å². The smallest absolute Gasteiger partial charge is 0.291 e. The number of likely N-dealkylation sites (tertiary alicyclic amines) is 1. The maximum Gasteiger partial charge on any atom is 0.291 e. The number of benzene rings is 2. The van der Waals surface area contributed by atoms with Crippen LogP contribution in [0.2, 0.25) is 5.02 Å². The Morgan fingerprint density at radius 2 is 1.84 bits per heavy atom. The number of amides is 2. The highest BCUT2D eigenvalue weighted by atomic mass is 35.5. The molecule has 162 valence electrons. The highest BCUT2D eigenvalue weighted by molar-refractivity contribution is 6.30. The van der Waals surface area contributed by atoms with Crippen molar-refractivity contribution < 1.29 is 14.3 Å². The molecular formula is C24H26ClN3O3. The molecule has 1 saturated heterocycles. The van der Waals surface area contributed by atoms with Crippen LogP contribution in [0.1, 0.15) is 41.6 Å². The molecular weight excluding hydrogens is 414 g/mol. The second-order valence-electron chi connectivity index (χ2n) is 7.84. The zero-order chi connectivity index (χ0) is 21.6. The standard InChI is InChI=1S/C24H26ClN3O3/c25-19-8-5-17(6-9-19)15-22-24(30)27-20-16-18(7-10-21(20)31-22)23(29)26-11-14-28-12-3-1-2-4-13-28/h5-10,15-16H,1-4,11-14H2,(H,26,29)(H,27,30). The van der Waals surface area contributed by atoms with Gasteiger partial charge in [-0.2, -0.15) is 0 Å². The molecule has 2 heterocycles. The molecule has 6 nitrogen and oxygen atoms in total. The Balaban J connectivity index is 1.37. The number of hydrogen-bond acceptors (Lipinski definition) is 4. The number of anilines is 1. The van der Waals surface area contributed by atoms with Crippen molar-refractivity contribution in [1.29, 1.82) is 0 Å². The van der Waals surface area contributed by atoms with Crippen LogP contribution in [0.5, 0.6) is 5.75 Å². The Kier molecular flexibility index (Phi) is 6.89. The fourth-order valence-electron chi connectivity index (χ4n) is 3.80. The molecule has 0 atom stereocenters. The van der Waals surface area contributed by atoms with E-state index in [9.17, 15) is 9.59 Å². The zero-order valence-corrected chi connectivity index (χ0v) is 18.1. The molecule has 0 aliphatic carbocycles.